The van der Waals surface area contributed by atoms with Crippen molar-refractivity contribution < 1.29 is 9.90 Å². The molecule has 4 aromatic rings. The molecular formula is C28H24ClNO2. The standard InChI is InChI=1S/C28H24ClNO2/c1-3-28(32,26-10-5-4-9-25(26)19(2)31)22-8-6-7-20(17-22)11-15-24-16-13-21-12-14-23(29)18-27(21)30-24/h4-18,32H,3H2,1-2H3. The van der Waals surface area contributed by atoms with Gasteiger partial charge in [0.25, 0.3) is 0 Å². The Morgan fingerprint density at radius 2 is 1.78 bits per heavy atom. The fourth-order valence-electron chi connectivity index (χ4n) is 3.98. The van der Waals surface area contributed by atoms with Crippen LogP contribution < -0.4 is 0 Å². The third-order valence-electron chi connectivity index (χ3n) is 5.75. The molecule has 0 aliphatic heterocycles. The Kier molecular flexibility index (Phi) is 6.22. The molecule has 0 fully saturated rings. The Morgan fingerprint density at radius 1 is 1.00 bits per heavy atom. The zero-order valence-electron chi connectivity index (χ0n) is 18.0. The van der Waals surface area contributed by atoms with Gasteiger partial charge in [0.15, 0.2) is 5.78 Å². The van der Waals surface area contributed by atoms with Crippen molar-refractivity contribution in [3.8, 4) is 0 Å². The van der Waals surface area contributed by atoms with Crippen molar-refractivity contribution in [2.75, 3.05) is 0 Å². The quantitative estimate of drug-likeness (QED) is 0.331. The van der Waals surface area contributed by atoms with E-state index < -0.39 is 5.60 Å². The molecule has 0 saturated carbocycles. The van der Waals surface area contributed by atoms with E-state index in [1.165, 1.54) is 6.92 Å². The summed E-state index contributed by atoms with van der Waals surface area (Å²) in [4.78, 5) is 16.8. The monoisotopic (exact) mass is 441 g/mol. The molecule has 1 atom stereocenters. The highest BCUT2D eigenvalue weighted by Gasteiger charge is 2.32. The highest BCUT2D eigenvalue weighted by molar-refractivity contribution is 6.31. The maximum atomic E-state index is 12.2. The van der Waals surface area contributed by atoms with Gasteiger partial charge >= 0.3 is 0 Å². The molecule has 32 heavy (non-hydrogen) atoms. The second-order valence-electron chi connectivity index (χ2n) is 7.85. The highest BCUT2D eigenvalue weighted by Crippen LogP contribution is 2.35. The number of aliphatic hydroxyl groups is 1. The molecule has 3 aromatic carbocycles. The minimum absolute atomic E-state index is 0.0639. The van der Waals surface area contributed by atoms with Gasteiger partial charge in [-0.3, -0.25) is 4.79 Å². The lowest BCUT2D eigenvalue weighted by Crippen LogP contribution is -2.28. The number of halogens is 1. The first-order valence-corrected chi connectivity index (χ1v) is 11.0. The molecule has 0 aliphatic rings. The molecular weight excluding hydrogens is 418 g/mol. The number of rotatable bonds is 6. The zero-order chi connectivity index (χ0) is 22.7. The first-order chi connectivity index (χ1) is 15.4. The molecule has 160 valence electrons. The molecule has 4 heteroatoms. The molecule has 1 unspecified atom stereocenters. The molecule has 3 nitrogen and oxygen atoms in total. The van der Waals surface area contributed by atoms with E-state index in [4.69, 9.17) is 11.6 Å². The molecule has 1 heterocycles. The average molecular weight is 442 g/mol. The van der Waals surface area contributed by atoms with Gasteiger partial charge in [0, 0.05) is 16.0 Å². The summed E-state index contributed by atoms with van der Waals surface area (Å²) >= 11 is 6.10. The Labute approximate surface area is 193 Å². The predicted molar refractivity (Wildman–Crippen MR) is 132 cm³/mol. The molecule has 0 bridgehead atoms. The van der Waals surface area contributed by atoms with Crippen LogP contribution >= 0.6 is 11.6 Å². The van der Waals surface area contributed by atoms with Crippen LogP contribution in [0, 0.1) is 0 Å². The molecule has 0 amide bonds. The first kappa shape index (κ1) is 21.9. The highest BCUT2D eigenvalue weighted by atomic mass is 35.5. The summed E-state index contributed by atoms with van der Waals surface area (Å²) in [7, 11) is 0. The number of Topliss-reactive ketones (excluding diaryl/α,β-unsaturated/α-hetero) is 1. The van der Waals surface area contributed by atoms with Gasteiger partial charge in [-0.05, 0) is 60.4 Å². The number of benzene rings is 3. The van der Waals surface area contributed by atoms with Crippen LogP contribution in [0.2, 0.25) is 5.02 Å². The largest absolute Gasteiger partial charge is 0.380 e. The van der Waals surface area contributed by atoms with E-state index in [-0.39, 0.29) is 5.78 Å². The van der Waals surface area contributed by atoms with E-state index in [1.807, 2.05) is 91.9 Å². The number of aromatic nitrogens is 1. The lowest BCUT2D eigenvalue weighted by atomic mass is 9.80. The van der Waals surface area contributed by atoms with Crippen molar-refractivity contribution in [3.63, 3.8) is 0 Å². The van der Waals surface area contributed by atoms with Crippen LogP contribution in [0.4, 0.5) is 0 Å². The van der Waals surface area contributed by atoms with Gasteiger partial charge in [-0.25, -0.2) is 4.98 Å². The van der Waals surface area contributed by atoms with Crippen molar-refractivity contribution >= 4 is 40.4 Å². The maximum Gasteiger partial charge on any atom is 0.160 e. The van der Waals surface area contributed by atoms with Crippen LogP contribution in [0.15, 0.2) is 78.9 Å². The van der Waals surface area contributed by atoms with Crippen molar-refractivity contribution in [2.24, 2.45) is 0 Å². The maximum absolute atomic E-state index is 12.2. The number of nitrogens with zero attached hydrogens (tertiary/aromatic N) is 1. The second kappa shape index (κ2) is 9.07. The van der Waals surface area contributed by atoms with E-state index in [0.717, 1.165) is 27.7 Å². The van der Waals surface area contributed by atoms with E-state index >= 15 is 0 Å². The van der Waals surface area contributed by atoms with Crippen molar-refractivity contribution in [1.82, 2.24) is 4.98 Å². The zero-order valence-corrected chi connectivity index (χ0v) is 18.8. The van der Waals surface area contributed by atoms with Crippen LogP contribution in [0.5, 0.6) is 0 Å². The van der Waals surface area contributed by atoms with E-state index in [9.17, 15) is 9.90 Å². The third-order valence-corrected chi connectivity index (χ3v) is 5.99. The lowest BCUT2D eigenvalue weighted by molar-refractivity contribution is 0.0739. The fraction of sp³-hybridized carbons (Fsp3) is 0.143. The summed E-state index contributed by atoms with van der Waals surface area (Å²) in [5.41, 5.74) is 3.24. The molecule has 1 aromatic heterocycles. The normalized spacial score (nSPS) is 13.4. The van der Waals surface area contributed by atoms with E-state index in [1.54, 1.807) is 6.07 Å². The van der Waals surface area contributed by atoms with Crippen molar-refractivity contribution in [1.29, 1.82) is 0 Å². The Bertz CT molecular complexity index is 1330. The number of hydrogen-bond acceptors (Lipinski definition) is 3. The van der Waals surface area contributed by atoms with Crippen LogP contribution in [0.25, 0.3) is 23.1 Å². The van der Waals surface area contributed by atoms with Crippen molar-refractivity contribution in [2.45, 2.75) is 25.9 Å². The van der Waals surface area contributed by atoms with Gasteiger partial charge in [-0.1, -0.05) is 79.2 Å². The van der Waals surface area contributed by atoms with Gasteiger partial charge in [0.1, 0.15) is 5.60 Å². The Morgan fingerprint density at radius 3 is 2.56 bits per heavy atom. The second-order valence-corrected chi connectivity index (χ2v) is 8.28. The summed E-state index contributed by atoms with van der Waals surface area (Å²) in [6.07, 6.45) is 4.35. The summed E-state index contributed by atoms with van der Waals surface area (Å²) in [5.74, 6) is -0.0639. The third kappa shape index (κ3) is 4.36. The van der Waals surface area contributed by atoms with Gasteiger partial charge in [-0.15, -0.1) is 0 Å². The SMILES string of the molecule is CCC(O)(c1cccc(C=Cc2ccc3ccc(Cl)cc3n2)c1)c1ccccc1C(C)=O. The first-order valence-electron chi connectivity index (χ1n) is 10.6. The van der Waals surface area contributed by atoms with Gasteiger partial charge < -0.3 is 5.11 Å². The van der Waals surface area contributed by atoms with Crippen molar-refractivity contribution in [3.05, 3.63) is 112 Å². The lowest BCUT2D eigenvalue weighted by Gasteiger charge is -2.30. The smallest absolute Gasteiger partial charge is 0.160 e. The number of ketones is 1. The molecule has 4 rings (SSSR count). The molecule has 0 radical (unpaired) electrons. The van der Waals surface area contributed by atoms with Gasteiger partial charge in [0.05, 0.1) is 11.2 Å². The Balaban J connectivity index is 1.69. The minimum atomic E-state index is -1.26. The molecule has 0 spiro atoms. The minimum Gasteiger partial charge on any atom is -0.380 e. The molecule has 0 saturated heterocycles. The van der Waals surface area contributed by atoms with Crippen LogP contribution in [0.1, 0.15) is 53.0 Å². The average Bonchev–Trinajstić information content (AvgIpc) is 2.82. The predicted octanol–water partition coefficient (Wildman–Crippen LogP) is 6.91. The van der Waals surface area contributed by atoms with Crippen LogP contribution in [-0.4, -0.2) is 15.9 Å². The van der Waals surface area contributed by atoms with Crippen LogP contribution in [-0.2, 0) is 5.60 Å². The summed E-state index contributed by atoms with van der Waals surface area (Å²) in [6.45, 7) is 3.45. The summed E-state index contributed by atoms with van der Waals surface area (Å²) < 4.78 is 0. The van der Waals surface area contributed by atoms with Crippen LogP contribution in [0.3, 0.4) is 0 Å². The summed E-state index contributed by atoms with van der Waals surface area (Å²) in [6, 6.07) is 24.6. The number of pyridine rings is 1. The number of hydrogen-bond donors (Lipinski definition) is 1. The number of fused-ring (bicyclic) bond motifs is 1. The van der Waals surface area contributed by atoms with E-state index in [0.29, 0.717) is 22.6 Å². The Hall–Kier alpha value is -3.27. The van der Waals surface area contributed by atoms with Gasteiger partial charge in [-0.2, -0.15) is 0 Å². The van der Waals surface area contributed by atoms with Gasteiger partial charge in [0.2, 0.25) is 0 Å². The van der Waals surface area contributed by atoms with E-state index in [2.05, 4.69) is 4.98 Å². The number of carbonyl (C=O) groups is 1. The topological polar surface area (TPSA) is 50.2 Å². The molecule has 0 aliphatic carbocycles. The molecule has 1 N–H and O–H groups in total. The fourth-order valence-corrected chi connectivity index (χ4v) is 4.15. The number of carbonyl (C=O) groups excluding carboxylic acids is 1. The summed E-state index contributed by atoms with van der Waals surface area (Å²) in [5, 5.41) is 13.3.